The van der Waals surface area contributed by atoms with Crippen molar-refractivity contribution < 1.29 is 14.7 Å². The smallest absolute Gasteiger partial charge is 0.314 e. The highest BCUT2D eigenvalue weighted by Crippen LogP contribution is 2.21. The number of unbranched alkanes of at least 4 members (excludes halogenated alkanes) is 1. The summed E-state index contributed by atoms with van der Waals surface area (Å²) in [7, 11) is 2.11. The fraction of sp³-hybridized carbons (Fsp3) is 0.857. The van der Waals surface area contributed by atoms with Crippen LogP contribution in [-0.4, -0.2) is 54.7 Å². The second-order valence-corrected chi connectivity index (χ2v) is 5.45. The SMILES string of the molecule is CN(CCNC(=O)NCCCCC(=O)O)C1CCCC1. The molecular formula is C14H27N3O3. The molecular weight excluding hydrogens is 258 g/mol. The predicted octanol–water partition coefficient (Wildman–Crippen LogP) is 1.41. The Morgan fingerprint density at radius 2 is 1.80 bits per heavy atom. The highest BCUT2D eigenvalue weighted by atomic mass is 16.4. The highest BCUT2D eigenvalue weighted by Gasteiger charge is 2.18. The monoisotopic (exact) mass is 285 g/mol. The molecule has 0 aromatic carbocycles. The minimum atomic E-state index is -0.788. The summed E-state index contributed by atoms with van der Waals surface area (Å²) >= 11 is 0. The van der Waals surface area contributed by atoms with Gasteiger partial charge in [-0.3, -0.25) is 4.79 Å². The Bertz CT molecular complexity index is 304. The fourth-order valence-electron chi connectivity index (χ4n) is 2.54. The van der Waals surface area contributed by atoms with Crippen LogP contribution in [0, 0.1) is 0 Å². The van der Waals surface area contributed by atoms with Crippen molar-refractivity contribution in [3.63, 3.8) is 0 Å². The average molecular weight is 285 g/mol. The van der Waals surface area contributed by atoms with E-state index in [0.29, 0.717) is 32.0 Å². The van der Waals surface area contributed by atoms with Crippen LogP contribution in [0.3, 0.4) is 0 Å². The maximum atomic E-state index is 11.5. The van der Waals surface area contributed by atoms with E-state index in [9.17, 15) is 9.59 Å². The molecule has 0 spiro atoms. The van der Waals surface area contributed by atoms with Gasteiger partial charge in [0.1, 0.15) is 0 Å². The Labute approximate surface area is 120 Å². The Morgan fingerprint density at radius 3 is 2.45 bits per heavy atom. The van der Waals surface area contributed by atoms with E-state index in [1.54, 1.807) is 0 Å². The van der Waals surface area contributed by atoms with Crippen molar-refractivity contribution in [2.45, 2.75) is 51.0 Å². The number of nitrogens with one attached hydrogen (secondary N) is 2. The summed E-state index contributed by atoms with van der Waals surface area (Å²) in [5.74, 6) is -0.788. The molecule has 1 aliphatic carbocycles. The molecule has 0 aromatic heterocycles. The normalized spacial score (nSPS) is 15.5. The lowest BCUT2D eigenvalue weighted by Gasteiger charge is -2.23. The van der Waals surface area contributed by atoms with Crippen LogP contribution in [0.4, 0.5) is 4.79 Å². The molecule has 0 radical (unpaired) electrons. The van der Waals surface area contributed by atoms with Crippen LogP contribution in [0.5, 0.6) is 0 Å². The van der Waals surface area contributed by atoms with Gasteiger partial charge in [0.15, 0.2) is 0 Å². The lowest BCUT2D eigenvalue weighted by molar-refractivity contribution is -0.137. The van der Waals surface area contributed by atoms with E-state index in [0.717, 1.165) is 6.54 Å². The van der Waals surface area contributed by atoms with E-state index in [2.05, 4.69) is 22.6 Å². The third-order valence-corrected chi connectivity index (χ3v) is 3.80. The lowest BCUT2D eigenvalue weighted by Crippen LogP contribution is -2.41. The van der Waals surface area contributed by atoms with Crippen molar-refractivity contribution in [3.8, 4) is 0 Å². The van der Waals surface area contributed by atoms with Gasteiger partial charge in [-0.05, 0) is 32.7 Å². The summed E-state index contributed by atoms with van der Waals surface area (Å²) in [6.45, 7) is 2.04. The second kappa shape index (κ2) is 9.58. The molecule has 20 heavy (non-hydrogen) atoms. The first-order valence-corrected chi connectivity index (χ1v) is 7.53. The minimum Gasteiger partial charge on any atom is -0.481 e. The van der Waals surface area contributed by atoms with Gasteiger partial charge in [-0.25, -0.2) is 4.79 Å². The first kappa shape index (κ1) is 16.8. The molecule has 6 heteroatoms. The molecule has 116 valence electrons. The molecule has 0 heterocycles. The first-order valence-electron chi connectivity index (χ1n) is 7.53. The predicted molar refractivity (Wildman–Crippen MR) is 77.8 cm³/mol. The van der Waals surface area contributed by atoms with Gasteiger partial charge in [0.25, 0.3) is 0 Å². The molecule has 3 N–H and O–H groups in total. The number of carboxylic acids is 1. The number of nitrogens with zero attached hydrogens (tertiary/aromatic N) is 1. The Morgan fingerprint density at radius 1 is 1.15 bits per heavy atom. The number of hydrogen-bond donors (Lipinski definition) is 3. The van der Waals surface area contributed by atoms with Gasteiger partial charge in [-0.15, -0.1) is 0 Å². The van der Waals surface area contributed by atoms with Crippen molar-refractivity contribution in [1.82, 2.24) is 15.5 Å². The van der Waals surface area contributed by atoms with Gasteiger partial charge in [-0.2, -0.15) is 0 Å². The van der Waals surface area contributed by atoms with Crippen molar-refractivity contribution in [3.05, 3.63) is 0 Å². The van der Waals surface area contributed by atoms with Crippen molar-refractivity contribution in [2.75, 3.05) is 26.7 Å². The number of likely N-dealkylation sites (N-methyl/N-ethyl adjacent to an activating group) is 1. The van der Waals surface area contributed by atoms with Crippen LogP contribution in [0.25, 0.3) is 0 Å². The van der Waals surface area contributed by atoms with E-state index < -0.39 is 5.97 Å². The van der Waals surface area contributed by atoms with Gasteiger partial charge in [0, 0.05) is 32.1 Å². The molecule has 1 rings (SSSR count). The van der Waals surface area contributed by atoms with Crippen LogP contribution in [0.1, 0.15) is 44.9 Å². The molecule has 1 aliphatic rings. The lowest BCUT2D eigenvalue weighted by atomic mass is 10.2. The zero-order valence-electron chi connectivity index (χ0n) is 12.4. The molecule has 0 saturated heterocycles. The maximum Gasteiger partial charge on any atom is 0.314 e. The fourth-order valence-corrected chi connectivity index (χ4v) is 2.54. The average Bonchev–Trinajstić information content (AvgIpc) is 2.91. The van der Waals surface area contributed by atoms with Gasteiger partial charge in [0.05, 0.1) is 0 Å². The van der Waals surface area contributed by atoms with Gasteiger partial charge < -0.3 is 20.6 Å². The molecule has 0 aliphatic heterocycles. The Kier molecular flexibility index (Phi) is 8.02. The van der Waals surface area contributed by atoms with Crippen molar-refractivity contribution in [1.29, 1.82) is 0 Å². The van der Waals surface area contributed by atoms with Crippen LogP contribution < -0.4 is 10.6 Å². The van der Waals surface area contributed by atoms with E-state index in [1.807, 2.05) is 0 Å². The number of carbonyl (C=O) groups is 2. The number of aliphatic carboxylic acids is 1. The number of carbonyl (C=O) groups excluding carboxylic acids is 1. The van der Waals surface area contributed by atoms with Crippen molar-refractivity contribution >= 4 is 12.0 Å². The number of amides is 2. The van der Waals surface area contributed by atoms with Gasteiger partial charge in [0.2, 0.25) is 0 Å². The zero-order valence-corrected chi connectivity index (χ0v) is 12.4. The Hall–Kier alpha value is -1.30. The van der Waals surface area contributed by atoms with Crippen LogP contribution in [0.2, 0.25) is 0 Å². The maximum absolute atomic E-state index is 11.5. The standard InChI is InChI=1S/C14H27N3O3/c1-17(12-6-2-3-7-12)11-10-16-14(20)15-9-5-4-8-13(18)19/h12H,2-11H2,1H3,(H,18,19)(H2,15,16,20). The summed E-state index contributed by atoms with van der Waals surface area (Å²) < 4.78 is 0. The van der Waals surface area contributed by atoms with Crippen LogP contribution in [-0.2, 0) is 4.79 Å². The number of rotatable bonds is 9. The number of carboxylic acid groups (broad SMARTS) is 1. The zero-order chi connectivity index (χ0) is 14.8. The Balaban J connectivity index is 1.95. The quantitative estimate of drug-likeness (QED) is 0.560. The summed E-state index contributed by atoms with van der Waals surface area (Å²) in [5.41, 5.74) is 0. The topological polar surface area (TPSA) is 81.7 Å². The highest BCUT2D eigenvalue weighted by molar-refractivity contribution is 5.73. The molecule has 0 unspecified atom stereocenters. The molecule has 6 nitrogen and oxygen atoms in total. The third kappa shape index (κ3) is 7.33. The molecule has 0 bridgehead atoms. The summed E-state index contributed by atoms with van der Waals surface area (Å²) in [6.07, 6.45) is 6.63. The van der Waals surface area contributed by atoms with Gasteiger partial charge >= 0.3 is 12.0 Å². The molecule has 2 amide bonds. The largest absolute Gasteiger partial charge is 0.481 e. The van der Waals surface area contributed by atoms with Gasteiger partial charge in [-0.1, -0.05) is 12.8 Å². The van der Waals surface area contributed by atoms with Crippen molar-refractivity contribution in [2.24, 2.45) is 0 Å². The molecule has 1 fully saturated rings. The summed E-state index contributed by atoms with van der Waals surface area (Å²) in [5, 5.41) is 14.0. The van der Waals surface area contributed by atoms with E-state index >= 15 is 0 Å². The minimum absolute atomic E-state index is 0.162. The van der Waals surface area contributed by atoms with E-state index in [-0.39, 0.29) is 12.5 Å². The summed E-state index contributed by atoms with van der Waals surface area (Å²) in [6, 6.07) is 0.510. The molecule has 0 atom stereocenters. The first-order chi connectivity index (χ1) is 9.59. The number of urea groups is 1. The van der Waals surface area contributed by atoms with Crippen LogP contribution in [0.15, 0.2) is 0 Å². The second-order valence-electron chi connectivity index (χ2n) is 5.45. The molecule has 0 aromatic rings. The third-order valence-electron chi connectivity index (χ3n) is 3.80. The van der Waals surface area contributed by atoms with E-state index in [1.165, 1.54) is 25.7 Å². The summed E-state index contributed by atoms with van der Waals surface area (Å²) in [4.78, 5) is 24.1. The number of hydrogen-bond acceptors (Lipinski definition) is 3. The van der Waals surface area contributed by atoms with Crippen LogP contribution >= 0.6 is 0 Å². The van der Waals surface area contributed by atoms with E-state index in [4.69, 9.17) is 5.11 Å². The molecule has 1 saturated carbocycles.